The van der Waals surface area contributed by atoms with Crippen LogP contribution in [0.1, 0.15) is 104 Å². The van der Waals surface area contributed by atoms with Crippen LogP contribution in [0.25, 0.3) is 0 Å². The summed E-state index contributed by atoms with van der Waals surface area (Å²) in [5.41, 5.74) is 0. The molecular formula is C23H40O4. The first-order valence-corrected chi connectivity index (χ1v) is 11.1. The van der Waals surface area contributed by atoms with E-state index in [1.54, 1.807) is 0 Å². The van der Waals surface area contributed by atoms with Crippen molar-refractivity contribution in [2.75, 3.05) is 0 Å². The molecule has 4 heteroatoms. The van der Waals surface area contributed by atoms with Crippen molar-refractivity contribution in [2.45, 2.75) is 110 Å². The van der Waals surface area contributed by atoms with Crippen molar-refractivity contribution in [2.24, 2.45) is 11.8 Å². The minimum atomic E-state index is -0.903. The molecule has 27 heavy (non-hydrogen) atoms. The van der Waals surface area contributed by atoms with Crippen LogP contribution in [-0.4, -0.2) is 23.1 Å². The fourth-order valence-electron chi connectivity index (χ4n) is 3.79. The molecule has 0 spiro atoms. The standard InChI is InChI=1S/C23H40O4/c1-3-4-5-6-7-8-9-10-11-12-13-16-19(2)27-23(26)21-18-15-14-17-20(21)22(24)25/h14-15,19-21H,3-13,16-18H2,1-2H3,(H,24,25). The number of carbonyl (C=O) groups excluding carboxylic acids is 1. The Kier molecular flexibility index (Phi) is 12.9. The summed E-state index contributed by atoms with van der Waals surface area (Å²) in [6.07, 6.45) is 19.7. The van der Waals surface area contributed by atoms with Gasteiger partial charge in [0.15, 0.2) is 0 Å². The molecule has 0 amide bonds. The van der Waals surface area contributed by atoms with Gasteiger partial charge >= 0.3 is 11.9 Å². The summed E-state index contributed by atoms with van der Waals surface area (Å²) in [7, 11) is 0. The number of carboxylic acid groups (broad SMARTS) is 1. The number of hydrogen-bond acceptors (Lipinski definition) is 3. The van der Waals surface area contributed by atoms with E-state index in [2.05, 4.69) is 6.92 Å². The average molecular weight is 381 g/mol. The number of unbranched alkanes of at least 4 members (excludes halogenated alkanes) is 10. The van der Waals surface area contributed by atoms with Crippen molar-refractivity contribution >= 4 is 11.9 Å². The summed E-state index contributed by atoms with van der Waals surface area (Å²) in [6, 6.07) is 0. The fourth-order valence-corrected chi connectivity index (χ4v) is 3.79. The lowest BCUT2D eigenvalue weighted by Gasteiger charge is -2.25. The Morgan fingerprint density at radius 3 is 1.89 bits per heavy atom. The lowest BCUT2D eigenvalue weighted by atomic mass is 9.83. The maximum atomic E-state index is 12.3. The van der Waals surface area contributed by atoms with Crippen LogP contribution < -0.4 is 0 Å². The van der Waals surface area contributed by atoms with Crippen LogP contribution in [0, 0.1) is 11.8 Å². The van der Waals surface area contributed by atoms with Crippen molar-refractivity contribution in [1.29, 1.82) is 0 Å². The number of rotatable bonds is 15. The van der Waals surface area contributed by atoms with Crippen molar-refractivity contribution < 1.29 is 19.4 Å². The normalized spacial score (nSPS) is 20.4. The minimum absolute atomic E-state index is 0.128. The molecule has 0 heterocycles. The zero-order valence-corrected chi connectivity index (χ0v) is 17.5. The molecule has 0 aromatic carbocycles. The van der Waals surface area contributed by atoms with Crippen LogP contribution in [0.2, 0.25) is 0 Å². The smallest absolute Gasteiger partial charge is 0.310 e. The Morgan fingerprint density at radius 2 is 1.37 bits per heavy atom. The van der Waals surface area contributed by atoms with E-state index in [-0.39, 0.29) is 12.1 Å². The van der Waals surface area contributed by atoms with Crippen molar-refractivity contribution in [1.82, 2.24) is 0 Å². The van der Waals surface area contributed by atoms with Gasteiger partial charge in [-0.05, 0) is 32.6 Å². The van der Waals surface area contributed by atoms with E-state index in [0.717, 1.165) is 12.8 Å². The molecular weight excluding hydrogens is 340 g/mol. The van der Waals surface area contributed by atoms with Crippen LogP contribution in [0.4, 0.5) is 0 Å². The van der Waals surface area contributed by atoms with Crippen molar-refractivity contribution in [3.63, 3.8) is 0 Å². The summed E-state index contributed by atoms with van der Waals surface area (Å²) >= 11 is 0. The Morgan fingerprint density at radius 1 is 0.889 bits per heavy atom. The molecule has 0 fully saturated rings. The van der Waals surface area contributed by atoms with E-state index < -0.39 is 17.8 Å². The number of esters is 1. The third kappa shape index (κ3) is 10.6. The first kappa shape index (κ1) is 23.7. The molecule has 3 unspecified atom stereocenters. The number of hydrogen-bond donors (Lipinski definition) is 1. The highest BCUT2D eigenvalue weighted by molar-refractivity contribution is 5.81. The number of aliphatic carboxylic acids is 1. The van der Waals surface area contributed by atoms with Gasteiger partial charge < -0.3 is 9.84 Å². The summed E-state index contributed by atoms with van der Waals surface area (Å²) in [5, 5.41) is 9.27. The Balaban J connectivity index is 2.05. The Labute approximate surface area is 165 Å². The van der Waals surface area contributed by atoms with Crippen LogP contribution in [0.3, 0.4) is 0 Å². The molecule has 1 aliphatic rings. The maximum Gasteiger partial charge on any atom is 0.310 e. The molecule has 0 aromatic rings. The SMILES string of the molecule is CCCCCCCCCCCCCC(C)OC(=O)C1CC=CCC1C(=O)O. The third-order valence-electron chi connectivity index (χ3n) is 5.58. The minimum Gasteiger partial charge on any atom is -0.481 e. The van der Waals surface area contributed by atoms with Gasteiger partial charge in [-0.1, -0.05) is 83.3 Å². The van der Waals surface area contributed by atoms with E-state index in [1.807, 2.05) is 19.1 Å². The van der Waals surface area contributed by atoms with Gasteiger partial charge in [0.05, 0.1) is 17.9 Å². The predicted octanol–water partition coefficient (Wildman–Crippen LogP) is 6.29. The Bertz CT molecular complexity index is 444. The lowest BCUT2D eigenvalue weighted by Crippen LogP contribution is -2.33. The lowest BCUT2D eigenvalue weighted by molar-refractivity contribution is -0.161. The van der Waals surface area contributed by atoms with Crippen molar-refractivity contribution in [3.05, 3.63) is 12.2 Å². The van der Waals surface area contributed by atoms with Gasteiger partial charge in [0.2, 0.25) is 0 Å². The predicted molar refractivity (Wildman–Crippen MR) is 110 cm³/mol. The quantitative estimate of drug-likeness (QED) is 0.206. The van der Waals surface area contributed by atoms with Gasteiger partial charge in [0, 0.05) is 0 Å². The second-order valence-corrected chi connectivity index (χ2v) is 8.07. The van der Waals surface area contributed by atoms with Crippen LogP contribution in [0.15, 0.2) is 12.2 Å². The van der Waals surface area contributed by atoms with E-state index in [9.17, 15) is 14.7 Å². The monoisotopic (exact) mass is 380 g/mol. The van der Waals surface area contributed by atoms with Crippen LogP contribution in [-0.2, 0) is 14.3 Å². The molecule has 3 atom stereocenters. The first-order chi connectivity index (χ1) is 13.1. The molecule has 1 aliphatic carbocycles. The highest BCUT2D eigenvalue weighted by Gasteiger charge is 2.35. The zero-order chi connectivity index (χ0) is 19.9. The molecule has 0 aromatic heterocycles. The van der Waals surface area contributed by atoms with Crippen molar-refractivity contribution in [3.8, 4) is 0 Å². The molecule has 0 aliphatic heterocycles. The van der Waals surface area contributed by atoms with Crippen LogP contribution >= 0.6 is 0 Å². The highest BCUT2D eigenvalue weighted by Crippen LogP contribution is 2.27. The second kappa shape index (κ2) is 14.7. The van der Waals surface area contributed by atoms with E-state index in [4.69, 9.17) is 4.74 Å². The number of allylic oxidation sites excluding steroid dienone is 2. The number of ether oxygens (including phenoxy) is 1. The molecule has 1 N–H and O–H groups in total. The number of carboxylic acids is 1. The topological polar surface area (TPSA) is 63.6 Å². The van der Waals surface area contributed by atoms with E-state index >= 15 is 0 Å². The highest BCUT2D eigenvalue weighted by atomic mass is 16.5. The van der Waals surface area contributed by atoms with Gasteiger partial charge in [-0.15, -0.1) is 0 Å². The molecule has 0 bridgehead atoms. The first-order valence-electron chi connectivity index (χ1n) is 11.1. The molecule has 0 radical (unpaired) electrons. The summed E-state index contributed by atoms with van der Waals surface area (Å²) in [6.45, 7) is 4.17. The summed E-state index contributed by atoms with van der Waals surface area (Å²) in [4.78, 5) is 23.6. The van der Waals surface area contributed by atoms with E-state index in [1.165, 1.54) is 64.2 Å². The summed E-state index contributed by atoms with van der Waals surface area (Å²) in [5.74, 6) is -2.43. The molecule has 1 rings (SSSR count). The van der Waals surface area contributed by atoms with Gasteiger partial charge in [-0.3, -0.25) is 9.59 Å². The number of carbonyl (C=O) groups is 2. The largest absolute Gasteiger partial charge is 0.481 e. The Hall–Kier alpha value is -1.32. The van der Waals surface area contributed by atoms with Gasteiger partial charge in [-0.25, -0.2) is 0 Å². The van der Waals surface area contributed by atoms with E-state index in [0.29, 0.717) is 12.8 Å². The van der Waals surface area contributed by atoms with Gasteiger partial charge in [-0.2, -0.15) is 0 Å². The summed E-state index contributed by atoms with van der Waals surface area (Å²) < 4.78 is 5.53. The molecule has 156 valence electrons. The third-order valence-corrected chi connectivity index (χ3v) is 5.58. The molecule has 0 saturated heterocycles. The molecule has 4 nitrogen and oxygen atoms in total. The maximum absolute atomic E-state index is 12.3. The second-order valence-electron chi connectivity index (χ2n) is 8.07. The molecule has 0 saturated carbocycles. The van der Waals surface area contributed by atoms with Gasteiger partial charge in [0.1, 0.15) is 0 Å². The van der Waals surface area contributed by atoms with Gasteiger partial charge in [0.25, 0.3) is 0 Å². The zero-order valence-electron chi connectivity index (χ0n) is 17.5. The van der Waals surface area contributed by atoms with Crippen LogP contribution in [0.5, 0.6) is 0 Å². The average Bonchev–Trinajstić information content (AvgIpc) is 2.66. The fraction of sp³-hybridized carbons (Fsp3) is 0.826.